The second-order valence-corrected chi connectivity index (χ2v) is 10.1. The monoisotopic (exact) mass is 518 g/mol. The maximum absolute atomic E-state index is 12.6. The Hall–Kier alpha value is -2.08. The number of likely N-dealkylation sites (N-methyl/N-ethyl adjacent to an activating group) is 1. The molecule has 6 nitrogen and oxygen atoms in total. The van der Waals surface area contributed by atoms with Gasteiger partial charge in [-0.2, -0.15) is 0 Å². The van der Waals surface area contributed by atoms with Crippen molar-refractivity contribution in [2.24, 2.45) is 0 Å². The fourth-order valence-electron chi connectivity index (χ4n) is 4.49. The lowest BCUT2D eigenvalue weighted by Crippen LogP contribution is -2.28. The molecular formula is C31H54N2O4. The molecule has 1 aromatic carbocycles. The first kappa shape index (κ1) is 32.9. The number of nitrogens with two attached hydrogens (primary N) is 1. The minimum atomic E-state index is -0.498. The number of nitrogens with zero attached hydrogens (tertiary/aromatic N) is 1. The Kier molecular flexibility index (Phi) is 19.5. The number of carbonyl (C=O) groups is 2. The van der Waals surface area contributed by atoms with Crippen LogP contribution >= 0.6 is 0 Å². The van der Waals surface area contributed by atoms with Gasteiger partial charge in [0.1, 0.15) is 17.9 Å². The molecule has 6 heteroatoms. The normalized spacial score (nSPS) is 11.1. The summed E-state index contributed by atoms with van der Waals surface area (Å²) < 4.78 is 10.9. The van der Waals surface area contributed by atoms with Crippen LogP contribution in [-0.2, 0) is 9.53 Å². The number of carbonyl (C=O) groups excluding carboxylic acids is 2. The number of nitrogen functional groups attached to an aromatic ring is 1. The quantitative estimate of drug-likeness (QED) is 0.0685. The Morgan fingerprint density at radius 2 is 1.27 bits per heavy atom. The van der Waals surface area contributed by atoms with E-state index in [1.165, 1.54) is 83.1 Å². The molecule has 0 spiro atoms. The minimum Gasteiger partial charge on any atom is -0.461 e. The third-order valence-corrected chi connectivity index (χ3v) is 6.97. The largest absolute Gasteiger partial charge is 0.461 e. The summed E-state index contributed by atoms with van der Waals surface area (Å²) in [6.07, 6.45) is 19.6. The average molecular weight is 519 g/mol. The van der Waals surface area contributed by atoms with Crippen molar-refractivity contribution >= 4 is 17.6 Å². The predicted octanol–water partition coefficient (Wildman–Crippen LogP) is 7.93. The lowest BCUT2D eigenvalue weighted by molar-refractivity contribution is -0.134. The number of hydrogen-bond acceptors (Lipinski definition) is 6. The maximum Gasteiger partial charge on any atom is 0.341 e. The molecule has 0 bridgehead atoms. The molecule has 2 N–H and O–H groups in total. The van der Waals surface area contributed by atoms with E-state index < -0.39 is 5.97 Å². The Morgan fingerprint density at radius 3 is 1.78 bits per heavy atom. The van der Waals surface area contributed by atoms with E-state index in [0.717, 1.165) is 32.4 Å². The number of esters is 2. The second kappa shape index (κ2) is 22.0. The van der Waals surface area contributed by atoms with Crippen LogP contribution in [0.15, 0.2) is 18.2 Å². The van der Waals surface area contributed by atoms with Crippen LogP contribution in [-0.4, -0.2) is 43.1 Å². The van der Waals surface area contributed by atoms with Crippen molar-refractivity contribution in [3.63, 3.8) is 0 Å². The fourth-order valence-corrected chi connectivity index (χ4v) is 4.49. The first-order valence-electron chi connectivity index (χ1n) is 15.0. The van der Waals surface area contributed by atoms with Crippen LogP contribution in [0.1, 0.15) is 134 Å². The number of anilines is 1. The van der Waals surface area contributed by atoms with Crippen LogP contribution in [0, 0.1) is 0 Å². The summed E-state index contributed by atoms with van der Waals surface area (Å²) in [5.41, 5.74) is 6.54. The summed E-state index contributed by atoms with van der Waals surface area (Å²) in [6.45, 7) is 9.17. The van der Waals surface area contributed by atoms with Gasteiger partial charge in [-0.15, -0.1) is 0 Å². The van der Waals surface area contributed by atoms with Gasteiger partial charge < -0.3 is 20.1 Å². The molecule has 0 aromatic heterocycles. The number of unbranched alkanes of at least 4 members (excludes halogenated alkanes) is 14. The molecular weight excluding hydrogens is 464 g/mol. The Bertz CT molecular complexity index is 734. The van der Waals surface area contributed by atoms with Crippen LogP contribution < -0.4 is 10.5 Å². The van der Waals surface area contributed by atoms with Crippen molar-refractivity contribution in [1.82, 2.24) is 4.90 Å². The summed E-state index contributed by atoms with van der Waals surface area (Å²) >= 11 is 0. The van der Waals surface area contributed by atoms with Gasteiger partial charge in [0, 0.05) is 24.7 Å². The Morgan fingerprint density at radius 1 is 0.757 bits per heavy atom. The van der Waals surface area contributed by atoms with Crippen LogP contribution in [0.2, 0.25) is 0 Å². The predicted molar refractivity (Wildman–Crippen MR) is 154 cm³/mol. The molecule has 1 rings (SSSR count). The molecule has 0 atom stereocenters. The van der Waals surface area contributed by atoms with Gasteiger partial charge in [0.25, 0.3) is 0 Å². The van der Waals surface area contributed by atoms with Gasteiger partial charge in [-0.05, 0) is 31.6 Å². The van der Waals surface area contributed by atoms with Crippen molar-refractivity contribution in [3.8, 4) is 5.75 Å². The summed E-state index contributed by atoms with van der Waals surface area (Å²) in [5.74, 6) is -0.654. The van der Waals surface area contributed by atoms with E-state index >= 15 is 0 Å². The van der Waals surface area contributed by atoms with Crippen molar-refractivity contribution < 1.29 is 19.1 Å². The molecule has 37 heavy (non-hydrogen) atoms. The highest BCUT2D eigenvalue weighted by Crippen LogP contribution is 2.24. The van der Waals surface area contributed by atoms with Gasteiger partial charge in [0.05, 0.1) is 0 Å². The molecule has 0 radical (unpaired) electrons. The third kappa shape index (κ3) is 16.4. The number of rotatable bonds is 23. The van der Waals surface area contributed by atoms with Crippen LogP contribution in [0.3, 0.4) is 0 Å². The molecule has 0 aliphatic carbocycles. The van der Waals surface area contributed by atoms with Crippen molar-refractivity contribution in [1.29, 1.82) is 0 Å². The molecule has 0 unspecified atom stereocenters. The van der Waals surface area contributed by atoms with Crippen LogP contribution in [0.25, 0.3) is 0 Å². The summed E-state index contributed by atoms with van der Waals surface area (Å²) in [7, 11) is 0. The number of benzene rings is 1. The van der Waals surface area contributed by atoms with Gasteiger partial charge in [-0.25, -0.2) is 4.79 Å². The zero-order valence-corrected chi connectivity index (χ0v) is 24.0. The zero-order chi connectivity index (χ0) is 27.1. The van der Waals surface area contributed by atoms with Crippen LogP contribution in [0.4, 0.5) is 5.69 Å². The van der Waals surface area contributed by atoms with Gasteiger partial charge in [-0.1, -0.05) is 111 Å². The topological polar surface area (TPSA) is 81.9 Å². The molecule has 0 heterocycles. The van der Waals surface area contributed by atoms with Gasteiger partial charge >= 0.3 is 11.9 Å². The highest BCUT2D eigenvalue weighted by Gasteiger charge is 2.17. The van der Waals surface area contributed by atoms with E-state index in [-0.39, 0.29) is 23.9 Å². The maximum atomic E-state index is 12.6. The summed E-state index contributed by atoms with van der Waals surface area (Å²) in [4.78, 5) is 27.1. The molecule has 0 aliphatic rings. The average Bonchev–Trinajstić information content (AvgIpc) is 2.89. The highest BCUT2D eigenvalue weighted by molar-refractivity contribution is 5.94. The lowest BCUT2D eigenvalue weighted by Gasteiger charge is -2.17. The molecule has 0 saturated carbocycles. The van der Waals surface area contributed by atoms with E-state index in [1.54, 1.807) is 12.1 Å². The van der Waals surface area contributed by atoms with E-state index in [1.807, 2.05) is 0 Å². The SMILES string of the molecule is CCCCCCCCCCCCCCCCCC(=O)Oc1cc(N)ccc1C(=O)OCCN(CC)CC. The van der Waals surface area contributed by atoms with E-state index in [2.05, 4.69) is 25.7 Å². The minimum absolute atomic E-state index is 0.179. The third-order valence-electron chi connectivity index (χ3n) is 6.97. The number of hydrogen-bond donors (Lipinski definition) is 1. The molecule has 0 amide bonds. The lowest BCUT2D eigenvalue weighted by atomic mass is 10.0. The molecule has 0 aliphatic heterocycles. The molecule has 0 saturated heterocycles. The van der Waals surface area contributed by atoms with E-state index in [9.17, 15) is 9.59 Å². The molecule has 0 fully saturated rings. The molecule has 1 aromatic rings. The Labute approximate surface area is 226 Å². The highest BCUT2D eigenvalue weighted by atomic mass is 16.5. The molecule has 212 valence electrons. The zero-order valence-electron chi connectivity index (χ0n) is 24.0. The van der Waals surface area contributed by atoms with Crippen LogP contribution in [0.5, 0.6) is 5.75 Å². The second-order valence-electron chi connectivity index (χ2n) is 10.1. The van der Waals surface area contributed by atoms with Gasteiger partial charge in [0.2, 0.25) is 0 Å². The summed E-state index contributed by atoms with van der Waals surface area (Å²) in [5, 5.41) is 0. The van der Waals surface area contributed by atoms with E-state index in [0.29, 0.717) is 18.7 Å². The smallest absolute Gasteiger partial charge is 0.341 e. The fraction of sp³-hybridized carbons (Fsp3) is 0.742. The first-order chi connectivity index (χ1) is 18.0. The van der Waals surface area contributed by atoms with Crippen molar-refractivity contribution in [2.75, 3.05) is 32.0 Å². The van der Waals surface area contributed by atoms with E-state index in [4.69, 9.17) is 15.2 Å². The standard InChI is InChI=1S/C31H54N2O4/c1-4-7-8-9-10-11-12-13-14-15-16-17-18-19-20-21-30(34)37-29-26-27(32)22-23-28(29)31(35)36-25-24-33(5-2)6-3/h22-23,26H,4-21,24-25,32H2,1-3H3. The van der Waals surface area contributed by atoms with Gasteiger partial charge in [-0.3, -0.25) is 4.79 Å². The summed E-state index contributed by atoms with van der Waals surface area (Å²) in [6, 6.07) is 4.70. The van der Waals surface area contributed by atoms with Crippen molar-refractivity contribution in [3.05, 3.63) is 23.8 Å². The van der Waals surface area contributed by atoms with Crippen molar-refractivity contribution in [2.45, 2.75) is 124 Å². The number of ether oxygens (including phenoxy) is 2. The van der Waals surface area contributed by atoms with Gasteiger partial charge in [0.15, 0.2) is 0 Å². The first-order valence-corrected chi connectivity index (χ1v) is 15.0. The Balaban J connectivity index is 2.18.